The number of hydrogen-bond acceptors (Lipinski definition) is 1. The van der Waals surface area contributed by atoms with Crippen molar-refractivity contribution in [1.82, 2.24) is 0 Å². The fourth-order valence-corrected chi connectivity index (χ4v) is 2.31. The van der Waals surface area contributed by atoms with Gasteiger partial charge in [0.1, 0.15) is 0 Å². The number of alkyl halides is 3. The Kier molecular flexibility index (Phi) is 9.30. The summed E-state index contributed by atoms with van der Waals surface area (Å²) in [6, 6.07) is 8.04. The maximum absolute atomic E-state index is 11.8. The van der Waals surface area contributed by atoms with E-state index in [9.17, 15) is 13.2 Å². The van der Waals surface area contributed by atoms with Gasteiger partial charge in [-0.05, 0) is 12.8 Å². The van der Waals surface area contributed by atoms with Crippen LogP contribution >= 0.6 is 17.0 Å². The van der Waals surface area contributed by atoms with E-state index in [2.05, 4.69) is 0 Å². The van der Waals surface area contributed by atoms with E-state index in [1.54, 1.807) is 18.2 Å². The van der Waals surface area contributed by atoms with Gasteiger partial charge in [-0.15, -0.1) is 17.0 Å². The molecule has 1 aliphatic heterocycles. The lowest BCUT2D eigenvalue weighted by molar-refractivity contribution is -0.0455. The van der Waals surface area contributed by atoms with Crippen LogP contribution in [0.25, 0.3) is 0 Å². The van der Waals surface area contributed by atoms with Crippen molar-refractivity contribution in [3.8, 4) is 0 Å². The standard InChI is InChI=1S/C6H5.C4H8O.CF3.BrH.Mg/c1-2-4-6-5-3-1;1-2-4-5-3-1;2-1(3)4;;/h1-5H;1-4H2;;1H;. The van der Waals surface area contributed by atoms with Crippen molar-refractivity contribution in [3.05, 3.63) is 30.3 Å². The summed E-state index contributed by atoms with van der Waals surface area (Å²) in [5.41, 5.74) is 0. The molecular weight excluding hydrogens is 309 g/mol. The normalized spacial score (nSPS) is 14.1. The monoisotopic (exact) mass is 322 g/mol. The minimum Gasteiger partial charge on any atom is -0.381 e. The summed E-state index contributed by atoms with van der Waals surface area (Å²) in [5, 5.41) is 0. The largest absolute Gasteiger partial charge is 0.572 e. The first-order valence-corrected chi connectivity index (χ1v) is 6.68. The second kappa shape index (κ2) is 9.19. The van der Waals surface area contributed by atoms with Crippen LogP contribution in [0.4, 0.5) is 13.2 Å². The Morgan fingerprint density at radius 2 is 1.53 bits per heavy atom. The summed E-state index contributed by atoms with van der Waals surface area (Å²) in [5.74, 6) is 0. The van der Waals surface area contributed by atoms with E-state index in [0.717, 1.165) is 13.2 Å². The number of rotatable bonds is 1. The van der Waals surface area contributed by atoms with Gasteiger partial charge in [0.25, 0.3) is 4.31 Å². The third-order valence-electron chi connectivity index (χ3n) is 2.07. The lowest BCUT2D eigenvalue weighted by Crippen LogP contribution is -2.29. The van der Waals surface area contributed by atoms with Gasteiger partial charge in [-0.3, -0.25) is 0 Å². The molecule has 0 spiro atoms. The average molecular weight is 323 g/mol. The predicted octanol–water partition coefficient (Wildman–Crippen LogP) is 2.91. The minimum absolute atomic E-state index is 0. The van der Waals surface area contributed by atoms with Gasteiger partial charge in [-0.25, -0.2) is 13.2 Å². The molecule has 1 fully saturated rings. The third-order valence-corrected chi connectivity index (χ3v) is 3.36. The molecule has 0 unspecified atom stereocenters. The van der Waals surface area contributed by atoms with Gasteiger partial charge >= 0.3 is 20.4 Å². The third kappa shape index (κ3) is 9.88. The van der Waals surface area contributed by atoms with Crippen molar-refractivity contribution in [3.63, 3.8) is 0 Å². The quantitative estimate of drug-likeness (QED) is 0.722. The molecule has 1 aromatic rings. The van der Waals surface area contributed by atoms with Crippen LogP contribution in [0.3, 0.4) is 0 Å². The minimum atomic E-state index is -3.96. The van der Waals surface area contributed by atoms with Crippen LogP contribution in [0.5, 0.6) is 0 Å². The zero-order valence-electron chi connectivity index (χ0n) is 9.37. The van der Waals surface area contributed by atoms with Crippen LogP contribution in [0, 0.1) is 0 Å². The second-order valence-corrected chi connectivity index (χ2v) is 5.57. The van der Waals surface area contributed by atoms with Crippen molar-refractivity contribution < 1.29 is 17.9 Å². The van der Waals surface area contributed by atoms with E-state index in [-0.39, 0.29) is 17.0 Å². The first-order valence-electron chi connectivity index (χ1n) is 5.26. The molecule has 2 rings (SSSR count). The maximum Gasteiger partial charge on any atom is 0.572 e. The summed E-state index contributed by atoms with van der Waals surface area (Å²) in [7, 11) is 0. The van der Waals surface area contributed by atoms with E-state index in [1.807, 2.05) is 0 Å². The molecule has 94 valence electrons. The lowest BCUT2D eigenvalue weighted by atomic mass is 10.4. The van der Waals surface area contributed by atoms with Gasteiger partial charge in [0.2, 0.25) is 0 Å². The number of ether oxygens (including phenoxy) is 1. The Labute approximate surface area is 119 Å². The molecule has 0 saturated carbocycles. The molecule has 1 nitrogen and oxygen atoms in total. The zero-order chi connectivity index (χ0) is 11.9. The van der Waals surface area contributed by atoms with Gasteiger partial charge in [0.05, 0.1) is 0 Å². The van der Waals surface area contributed by atoms with Crippen molar-refractivity contribution in [2.24, 2.45) is 0 Å². The van der Waals surface area contributed by atoms with Crippen molar-refractivity contribution in [2.75, 3.05) is 13.2 Å². The van der Waals surface area contributed by atoms with E-state index >= 15 is 0 Å². The smallest absolute Gasteiger partial charge is 0.381 e. The molecule has 0 aromatic heterocycles. The molecule has 0 atom stereocenters. The molecule has 17 heavy (non-hydrogen) atoms. The highest BCUT2D eigenvalue weighted by Crippen LogP contribution is 2.11. The average Bonchev–Trinajstić information content (AvgIpc) is 2.74. The summed E-state index contributed by atoms with van der Waals surface area (Å²) in [6.07, 6.45) is 2.56. The van der Waals surface area contributed by atoms with Crippen molar-refractivity contribution >= 4 is 41.0 Å². The fraction of sp³-hybridized carbons (Fsp3) is 0.455. The molecule has 0 amide bonds. The highest BCUT2D eigenvalue weighted by molar-refractivity contribution is 8.93. The SMILES string of the molecule is Br.C1CCOC1.F[C](F)(F)[Mg][c]1ccccc1. The lowest BCUT2D eigenvalue weighted by Gasteiger charge is -2.03. The molecule has 0 N–H and O–H groups in total. The molecule has 6 heteroatoms. The summed E-state index contributed by atoms with van der Waals surface area (Å²) >= 11 is -2.07. The predicted molar refractivity (Wildman–Crippen MR) is 68.3 cm³/mol. The van der Waals surface area contributed by atoms with Crippen molar-refractivity contribution in [2.45, 2.75) is 17.1 Å². The van der Waals surface area contributed by atoms with Crippen molar-refractivity contribution in [1.29, 1.82) is 0 Å². The summed E-state index contributed by atoms with van der Waals surface area (Å²) in [4.78, 5) is 0. The van der Waals surface area contributed by atoms with Crippen LogP contribution in [0.1, 0.15) is 12.8 Å². The maximum atomic E-state index is 11.8. The Morgan fingerprint density at radius 1 is 1.00 bits per heavy atom. The first-order chi connectivity index (χ1) is 7.58. The molecule has 1 saturated heterocycles. The summed E-state index contributed by atoms with van der Waals surface area (Å²) in [6.45, 7) is 2.00. The molecule has 0 radical (unpaired) electrons. The second-order valence-electron chi connectivity index (χ2n) is 3.60. The number of halogens is 4. The molecule has 0 aliphatic carbocycles. The Hall–Kier alpha value is 0.216. The Morgan fingerprint density at radius 3 is 1.88 bits per heavy atom. The molecule has 1 aliphatic rings. The van der Waals surface area contributed by atoms with Crippen LogP contribution < -0.4 is 3.69 Å². The van der Waals surface area contributed by atoms with Crippen LogP contribution in [-0.4, -0.2) is 37.9 Å². The van der Waals surface area contributed by atoms with Gasteiger partial charge in [0, 0.05) is 13.2 Å². The highest BCUT2D eigenvalue weighted by atomic mass is 79.9. The first kappa shape index (κ1) is 17.2. The highest BCUT2D eigenvalue weighted by Gasteiger charge is 2.31. The van der Waals surface area contributed by atoms with Crippen LogP contribution in [0.2, 0.25) is 0 Å². The fourth-order valence-electron chi connectivity index (χ4n) is 1.34. The summed E-state index contributed by atoms with van der Waals surface area (Å²) < 4.78 is 36.8. The van der Waals surface area contributed by atoms with Gasteiger partial charge in [-0.2, -0.15) is 3.69 Å². The van der Waals surface area contributed by atoms with E-state index in [1.165, 1.54) is 25.0 Å². The van der Waals surface area contributed by atoms with Gasteiger partial charge in [-0.1, -0.05) is 30.3 Å². The van der Waals surface area contributed by atoms with E-state index < -0.39 is 24.7 Å². The molecular formula is C11H14BrF3MgO. The number of hydrogen-bond donors (Lipinski definition) is 0. The Bertz CT molecular complexity index is 281. The van der Waals surface area contributed by atoms with Crippen LogP contribution in [0.15, 0.2) is 30.3 Å². The molecule has 1 aromatic carbocycles. The van der Waals surface area contributed by atoms with Crippen LogP contribution in [-0.2, 0) is 4.74 Å². The number of benzene rings is 1. The molecule has 0 bridgehead atoms. The van der Waals surface area contributed by atoms with E-state index in [0.29, 0.717) is 3.69 Å². The topological polar surface area (TPSA) is 9.23 Å². The van der Waals surface area contributed by atoms with E-state index in [4.69, 9.17) is 4.74 Å². The molecule has 1 heterocycles. The zero-order valence-corrected chi connectivity index (χ0v) is 12.5. The Balaban J connectivity index is 0.000000360. The van der Waals surface area contributed by atoms with Gasteiger partial charge < -0.3 is 4.74 Å². The van der Waals surface area contributed by atoms with Gasteiger partial charge in [0.15, 0.2) is 0 Å².